The standard InChI is InChI=1S/C19H17N3O4/c1-12-14(21-19(26-12)16-7-4-10-25-16)11-18(24)22-9-8-17(23)20-13-5-2-3-6-15(13)22/h2-7,10H,8-9,11H2,1H3,(H,20,23). The molecule has 2 amide bonds. The molecule has 0 bridgehead atoms. The minimum Gasteiger partial charge on any atom is -0.459 e. The van der Waals surface area contributed by atoms with Gasteiger partial charge in [-0.15, -0.1) is 0 Å². The number of hydrogen-bond acceptors (Lipinski definition) is 5. The number of amides is 2. The first-order chi connectivity index (χ1) is 12.6. The third-order valence-corrected chi connectivity index (χ3v) is 4.28. The van der Waals surface area contributed by atoms with Crippen molar-refractivity contribution in [1.82, 2.24) is 4.98 Å². The predicted octanol–water partition coefficient (Wildman–Crippen LogP) is 3.16. The van der Waals surface area contributed by atoms with Gasteiger partial charge in [0.1, 0.15) is 5.76 Å². The average molecular weight is 351 g/mol. The van der Waals surface area contributed by atoms with Crippen LogP contribution in [0.15, 0.2) is 51.5 Å². The van der Waals surface area contributed by atoms with E-state index in [1.165, 1.54) is 6.26 Å². The summed E-state index contributed by atoms with van der Waals surface area (Å²) >= 11 is 0. The number of carbonyl (C=O) groups is 2. The van der Waals surface area contributed by atoms with Crippen LogP contribution in [0.5, 0.6) is 0 Å². The molecule has 1 aromatic carbocycles. The largest absolute Gasteiger partial charge is 0.459 e. The Hall–Kier alpha value is -3.35. The topological polar surface area (TPSA) is 88.6 Å². The molecule has 3 heterocycles. The van der Waals surface area contributed by atoms with E-state index in [0.717, 1.165) is 0 Å². The number of furan rings is 1. The second-order valence-corrected chi connectivity index (χ2v) is 6.04. The summed E-state index contributed by atoms with van der Waals surface area (Å²) in [6.07, 6.45) is 1.87. The molecule has 7 nitrogen and oxygen atoms in total. The fraction of sp³-hybridized carbons (Fsp3) is 0.211. The number of aromatic nitrogens is 1. The highest BCUT2D eigenvalue weighted by atomic mass is 16.4. The first-order valence-electron chi connectivity index (χ1n) is 8.31. The molecule has 0 saturated carbocycles. The quantitative estimate of drug-likeness (QED) is 0.783. The van der Waals surface area contributed by atoms with Gasteiger partial charge in [-0.2, -0.15) is 0 Å². The van der Waals surface area contributed by atoms with Crippen LogP contribution in [-0.4, -0.2) is 23.3 Å². The predicted molar refractivity (Wildman–Crippen MR) is 94.7 cm³/mol. The van der Waals surface area contributed by atoms with Crippen molar-refractivity contribution in [3.8, 4) is 11.7 Å². The number of hydrogen-bond donors (Lipinski definition) is 1. The van der Waals surface area contributed by atoms with Gasteiger partial charge in [0, 0.05) is 13.0 Å². The number of rotatable bonds is 3. The zero-order valence-electron chi connectivity index (χ0n) is 14.2. The fourth-order valence-electron chi connectivity index (χ4n) is 2.96. The Bertz CT molecular complexity index is 959. The minimum atomic E-state index is -0.142. The maximum Gasteiger partial charge on any atom is 0.263 e. The van der Waals surface area contributed by atoms with E-state index >= 15 is 0 Å². The monoisotopic (exact) mass is 351 g/mol. The Kier molecular flexibility index (Phi) is 4.04. The van der Waals surface area contributed by atoms with Gasteiger partial charge in [0.05, 0.1) is 29.8 Å². The molecule has 4 rings (SSSR count). The highest BCUT2D eigenvalue weighted by molar-refractivity contribution is 6.04. The average Bonchev–Trinajstić information content (AvgIpc) is 3.23. The Morgan fingerprint density at radius 2 is 2.12 bits per heavy atom. The summed E-state index contributed by atoms with van der Waals surface area (Å²) in [4.78, 5) is 30.8. The summed E-state index contributed by atoms with van der Waals surface area (Å²) in [6, 6.07) is 10.8. The summed E-state index contributed by atoms with van der Waals surface area (Å²) in [5.74, 6) is 1.19. The Morgan fingerprint density at radius 1 is 1.27 bits per heavy atom. The van der Waals surface area contributed by atoms with Crippen LogP contribution in [0.25, 0.3) is 11.7 Å². The van der Waals surface area contributed by atoms with E-state index in [1.807, 2.05) is 18.2 Å². The van der Waals surface area contributed by atoms with E-state index in [-0.39, 0.29) is 24.7 Å². The number of anilines is 2. The number of fused-ring (bicyclic) bond motifs is 1. The van der Waals surface area contributed by atoms with Crippen molar-refractivity contribution in [3.63, 3.8) is 0 Å². The second kappa shape index (κ2) is 6.51. The molecular weight excluding hydrogens is 334 g/mol. The van der Waals surface area contributed by atoms with Crippen LogP contribution in [0.3, 0.4) is 0 Å². The lowest BCUT2D eigenvalue weighted by Gasteiger charge is -2.21. The van der Waals surface area contributed by atoms with Crippen molar-refractivity contribution in [2.75, 3.05) is 16.8 Å². The van der Waals surface area contributed by atoms with Gasteiger partial charge >= 0.3 is 0 Å². The first-order valence-corrected chi connectivity index (χ1v) is 8.31. The smallest absolute Gasteiger partial charge is 0.263 e. The van der Waals surface area contributed by atoms with Crippen LogP contribution in [0.2, 0.25) is 0 Å². The molecule has 132 valence electrons. The van der Waals surface area contributed by atoms with Crippen molar-refractivity contribution in [2.45, 2.75) is 19.8 Å². The van der Waals surface area contributed by atoms with E-state index in [0.29, 0.717) is 41.0 Å². The van der Waals surface area contributed by atoms with Gasteiger partial charge in [-0.1, -0.05) is 12.1 Å². The zero-order chi connectivity index (χ0) is 18.1. The van der Waals surface area contributed by atoms with Crippen LogP contribution in [0, 0.1) is 6.92 Å². The Morgan fingerprint density at radius 3 is 2.92 bits per heavy atom. The van der Waals surface area contributed by atoms with Gasteiger partial charge in [-0.3, -0.25) is 9.59 Å². The highest BCUT2D eigenvalue weighted by Crippen LogP contribution is 2.29. The van der Waals surface area contributed by atoms with Crippen molar-refractivity contribution in [1.29, 1.82) is 0 Å². The Labute approximate surface area is 149 Å². The van der Waals surface area contributed by atoms with Crippen LogP contribution in [0.1, 0.15) is 17.9 Å². The summed E-state index contributed by atoms with van der Waals surface area (Å²) in [5, 5.41) is 2.83. The summed E-state index contributed by atoms with van der Waals surface area (Å²) in [6.45, 7) is 2.09. The van der Waals surface area contributed by atoms with Crippen molar-refractivity contribution < 1.29 is 18.4 Å². The van der Waals surface area contributed by atoms with Gasteiger partial charge in [-0.25, -0.2) is 4.98 Å². The number of oxazole rings is 1. The molecule has 0 unspecified atom stereocenters. The third-order valence-electron chi connectivity index (χ3n) is 4.28. The summed E-state index contributed by atoms with van der Waals surface area (Å²) < 4.78 is 10.9. The van der Waals surface area contributed by atoms with Gasteiger partial charge < -0.3 is 19.1 Å². The third kappa shape index (κ3) is 2.99. The number of para-hydroxylation sites is 2. The van der Waals surface area contributed by atoms with E-state index in [4.69, 9.17) is 8.83 Å². The van der Waals surface area contributed by atoms with Crippen LogP contribution in [-0.2, 0) is 16.0 Å². The van der Waals surface area contributed by atoms with Crippen molar-refractivity contribution >= 4 is 23.2 Å². The maximum absolute atomic E-state index is 12.9. The number of aryl methyl sites for hydroxylation is 1. The van der Waals surface area contributed by atoms with E-state index in [2.05, 4.69) is 10.3 Å². The zero-order valence-corrected chi connectivity index (χ0v) is 14.2. The molecule has 0 saturated heterocycles. The normalized spacial score (nSPS) is 13.9. The molecule has 26 heavy (non-hydrogen) atoms. The summed E-state index contributed by atoms with van der Waals surface area (Å²) in [7, 11) is 0. The SMILES string of the molecule is Cc1oc(-c2ccco2)nc1CC(=O)N1CCC(=O)Nc2ccccc21. The molecule has 0 atom stereocenters. The number of carbonyl (C=O) groups excluding carboxylic acids is 2. The van der Waals surface area contributed by atoms with Crippen molar-refractivity contribution in [2.24, 2.45) is 0 Å². The Balaban J connectivity index is 1.60. The first kappa shape index (κ1) is 16.1. The van der Waals surface area contributed by atoms with E-state index < -0.39 is 0 Å². The van der Waals surface area contributed by atoms with Gasteiger partial charge in [0.25, 0.3) is 5.89 Å². The van der Waals surface area contributed by atoms with Gasteiger partial charge in [0.15, 0.2) is 5.76 Å². The van der Waals surface area contributed by atoms with E-state index in [1.54, 1.807) is 30.0 Å². The van der Waals surface area contributed by atoms with Crippen molar-refractivity contribution in [3.05, 3.63) is 54.1 Å². The number of nitrogens with one attached hydrogen (secondary N) is 1. The summed E-state index contributed by atoms with van der Waals surface area (Å²) in [5.41, 5.74) is 1.88. The van der Waals surface area contributed by atoms with E-state index in [9.17, 15) is 9.59 Å². The second-order valence-electron chi connectivity index (χ2n) is 6.04. The molecule has 3 aromatic rings. The minimum absolute atomic E-state index is 0.0819. The molecule has 0 fully saturated rings. The molecule has 7 heteroatoms. The van der Waals surface area contributed by atoms with Crippen LogP contribution < -0.4 is 10.2 Å². The lowest BCUT2D eigenvalue weighted by Crippen LogP contribution is -2.33. The molecule has 0 radical (unpaired) electrons. The molecule has 1 N–H and O–H groups in total. The molecule has 2 aromatic heterocycles. The lowest BCUT2D eigenvalue weighted by molar-refractivity contribution is -0.118. The van der Waals surface area contributed by atoms with Gasteiger partial charge in [-0.05, 0) is 31.2 Å². The molecule has 0 spiro atoms. The fourth-order valence-corrected chi connectivity index (χ4v) is 2.96. The number of benzene rings is 1. The molecule has 1 aliphatic heterocycles. The lowest BCUT2D eigenvalue weighted by atomic mass is 10.2. The molecular formula is C19H17N3O4. The highest BCUT2D eigenvalue weighted by Gasteiger charge is 2.25. The maximum atomic E-state index is 12.9. The van der Waals surface area contributed by atoms with Crippen LogP contribution >= 0.6 is 0 Å². The number of nitrogens with zero attached hydrogens (tertiary/aromatic N) is 2. The molecule has 0 aliphatic carbocycles. The van der Waals surface area contributed by atoms with Gasteiger partial charge in [0.2, 0.25) is 11.8 Å². The molecule has 1 aliphatic rings. The van der Waals surface area contributed by atoms with Crippen LogP contribution in [0.4, 0.5) is 11.4 Å².